The van der Waals surface area contributed by atoms with Crippen molar-refractivity contribution in [2.45, 2.75) is 12.6 Å². The molecule has 0 aliphatic carbocycles. The van der Waals surface area contributed by atoms with Crippen LogP contribution in [0.4, 0.5) is 0 Å². The molecule has 3 rings (SSSR count). The lowest BCUT2D eigenvalue weighted by atomic mass is 10.2. The summed E-state index contributed by atoms with van der Waals surface area (Å²) in [4.78, 5) is 14.3. The van der Waals surface area contributed by atoms with Crippen LogP contribution in [0.2, 0.25) is 5.02 Å². The number of hydrogen-bond acceptors (Lipinski definition) is 3. The highest BCUT2D eigenvalue weighted by Crippen LogP contribution is 2.20. The van der Waals surface area contributed by atoms with Crippen LogP contribution in [-0.4, -0.2) is 54.8 Å². The number of fused-ring (bicyclic) bond motifs is 1. The minimum atomic E-state index is -0.0192. The Morgan fingerprint density at radius 2 is 2.32 bits per heavy atom. The van der Waals surface area contributed by atoms with Gasteiger partial charge in [0, 0.05) is 36.4 Å². The van der Waals surface area contributed by atoms with Crippen LogP contribution in [0.5, 0.6) is 0 Å². The molecule has 0 saturated carbocycles. The minimum absolute atomic E-state index is 0.0192. The van der Waals surface area contributed by atoms with Crippen LogP contribution in [0, 0.1) is 0 Å². The quantitative estimate of drug-likeness (QED) is 0.933. The zero-order chi connectivity index (χ0) is 15.5. The van der Waals surface area contributed by atoms with Crippen LogP contribution in [0.3, 0.4) is 0 Å². The fourth-order valence-electron chi connectivity index (χ4n) is 2.72. The first-order chi connectivity index (χ1) is 10.6. The van der Waals surface area contributed by atoms with Gasteiger partial charge in [-0.2, -0.15) is 0 Å². The first-order valence-electron chi connectivity index (χ1n) is 7.43. The molecule has 118 valence electrons. The van der Waals surface area contributed by atoms with Gasteiger partial charge < -0.3 is 19.5 Å². The van der Waals surface area contributed by atoms with Gasteiger partial charge in [-0.3, -0.25) is 4.79 Å². The molecule has 1 aromatic carbocycles. The van der Waals surface area contributed by atoms with E-state index in [4.69, 9.17) is 16.3 Å². The maximum atomic E-state index is 12.1. The molecule has 2 heterocycles. The molecule has 1 saturated heterocycles. The number of carbonyl (C=O) groups excluding carboxylic acids is 1. The van der Waals surface area contributed by atoms with Crippen molar-refractivity contribution in [2.24, 2.45) is 0 Å². The highest BCUT2D eigenvalue weighted by Gasteiger charge is 2.18. The fourth-order valence-corrected chi connectivity index (χ4v) is 2.89. The summed E-state index contributed by atoms with van der Waals surface area (Å²) in [5.41, 5.74) is 0.969. The summed E-state index contributed by atoms with van der Waals surface area (Å²) in [6.07, 6.45) is 1.98. The molecule has 6 heteroatoms. The Bertz CT molecular complexity index is 670. The number of benzene rings is 1. The Hall–Kier alpha value is -1.56. The Morgan fingerprint density at radius 3 is 3.14 bits per heavy atom. The molecule has 1 aromatic heterocycles. The summed E-state index contributed by atoms with van der Waals surface area (Å²) in [6.45, 7) is 3.34. The third kappa shape index (κ3) is 3.61. The molecular formula is C16H20ClN3O2. The molecule has 5 nitrogen and oxygen atoms in total. The van der Waals surface area contributed by atoms with Crippen LogP contribution in [0.1, 0.15) is 0 Å². The molecular weight excluding hydrogens is 302 g/mol. The van der Waals surface area contributed by atoms with Crippen molar-refractivity contribution in [3.8, 4) is 0 Å². The predicted octanol–water partition coefficient (Wildman–Crippen LogP) is 1.74. The van der Waals surface area contributed by atoms with Crippen molar-refractivity contribution in [3.63, 3.8) is 0 Å². The SMILES string of the molecule is CN1CCO[C@H](CNC(=O)Cn2ccc3ccc(Cl)cc32)C1. The second-order valence-electron chi connectivity index (χ2n) is 5.71. The zero-order valence-electron chi connectivity index (χ0n) is 12.6. The van der Waals surface area contributed by atoms with E-state index in [2.05, 4.69) is 17.3 Å². The van der Waals surface area contributed by atoms with Crippen molar-refractivity contribution in [1.82, 2.24) is 14.8 Å². The highest BCUT2D eigenvalue weighted by atomic mass is 35.5. The molecule has 2 aromatic rings. The number of amides is 1. The number of halogens is 1. The molecule has 1 atom stereocenters. The van der Waals surface area contributed by atoms with E-state index in [9.17, 15) is 4.79 Å². The molecule has 1 fully saturated rings. The number of aromatic nitrogens is 1. The normalized spacial score (nSPS) is 19.5. The molecule has 1 aliphatic heterocycles. The van der Waals surface area contributed by atoms with Gasteiger partial charge in [-0.25, -0.2) is 0 Å². The molecule has 0 radical (unpaired) electrons. The number of ether oxygens (including phenoxy) is 1. The third-order valence-electron chi connectivity index (χ3n) is 3.92. The fraction of sp³-hybridized carbons (Fsp3) is 0.438. The van der Waals surface area contributed by atoms with E-state index in [0.29, 0.717) is 11.6 Å². The molecule has 22 heavy (non-hydrogen) atoms. The summed E-state index contributed by atoms with van der Waals surface area (Å²) in [7, 11) is 2.06. The average Bonchev–Trinajstić information content (AvgIpc) is 2.88. The Labute approximate surface area is 134 Å². The van der Waals surface area contributed by atoms with Crippen molar-refractivity contribution in [2.75, 3.05) is 33.3 Å². The van der Waals surface area contributed by atoms with Crippen molar-refractivity contribution in [1.29, 1.82) is 0 Å². The molecule has 0 unspecified atom stereocenters. The molecule has 0 spiro atoms. The third-order valence-corrected chi connectivity index (χ3v) is 4.15. The number of likely N-dealkylation sites (N-methyl/N-ethyl adjacent to an activating group) is 1. The Balaban J connectivity index is 1.57. The van der Waals surface area contributed by atoms with Gasteiger partial charge in [0.15, 0.2) is 0 Å². The van der Waals surface area contributed by atoms with E-state index in [1.165, 1.54) is 0 Å². The van der Waals surface area contributed by atoms with E-state index in [-0.39, 0.29) is 18.6 Å². The summed E-state index contributed by atoms with van der Waals surface area (Å²) < 4.78 is 7.55. The van der Waals surface area contributed by atoms with Crippen molar-refractivity contribution < 1.29 is 9.53 Å². The maximum absolute atomic E-state index is 12.1. The topological polar surface area (TPSA) is 46.5 Å². The van der Waals surface area contributed by atoms with E-state index >= 15 is 0 Å². The standard InChI is InChI=1S/C16H20ClN3O2/c1-19-6-7-22-14(10-19)9-18-16(21)11-20-5-4-12-2-3-13(17)8-15(12)20/h2-5,8,14H,6-7,9-11H2,1H3,(H,18,21)/t14-/m1/s1. The largest absolute Gasteiger partial charge is 0.374 e. The first kappa shape index (κ1) is 15.3. The van der Waals surface area contributed by atoms with E-state index in [0.717, 1.165) is 30.6 Å². The zero-order valence-corrected chi connectivity index (χ0v) is 13.3. The molecule has 1 aliphatic rings. The molecule has 0 bridgehead atoms. The van der Waals surface area contributed by atoms with Crippen LogP contribution in [-0.2, 0) is 16.1 Å². The van der Waals surface area contributed by atoms with Gasteiger partial charge in [0.25, 0.3) is 0 Å². The number of carbonyl (C=O) groups is 1. The van der Waals surface area contributed by atoms with Gasteiger partial charge in [-0.15, -0.1) is 0 Å². The van der Waals surface area contributed by atoms with Gasteiger partial charge in [0.1, 0.15) is 6.54 Å². The first-order valence-corrected chi connectivity index (χ1v) is 7.81. The molecule has 1 N–H and O–H groups in total. The van der Waals surface area contributed by atoms with Crippen LogP contribution in [0.25, 0.3) is 10.9 Å². The van der Waals surface area contributed by atoms with Gasteiger partial charge >= 0.3 is 0 Å². The lowest BCUT2D eigenvalue weighted by molar-refractivity contribution is -0.122. The average molecular weight is 322 g/mol. The van der Waals surface area contributed by atoms with Gasteiger partial charge in [-0.1, -0.05) is 17.7 Å². The lowest BCUT2D eigenvalue weighted by Crippen LogP contribution is -2.46. The highest BCUT2D eigenvalue weighted by molar-refractivity contribution is 6.31. The summed E-state index contributed by atoms with van der Waals surface area (Å²) in [5.74, 6) is -0.0192. The van der Waals surface area contributed by atoms with Crippen LogP contribution in [0.15, 0.2) is 30.5 Å². The van der Waals surface area contributed by atoms with Crippen LogP contribution >= 0.6 is 11.6 Å². The monoisotopic (exact) mass is 321 g/mol. The number of nitrogens with zero attached hydrogens (tertiary/aromatic N) is 2. The maximum Gasteiger partial charge on any atom is 0.240 e. The van der Waals surface area contributed by atoms with Crippen molar-refractivity contribution in [3.05, 3.63) is 35.5 Å². The Morgan fingerprint density at radius 1 is 1.45 bits per heavy atom. The number of morpholine rings is 1. The van der Waals surface area contributed by atoms with Gasteiger partial charge in [-0.05, 0) is 30.6 Å². The van der Waals surface area contributed by atoms with Gasteiger partial charge in [0.2, 0.25) is 5.91 Å². The van der Waals surface area contributed by atoms with Crippen LogP contribution < -0.4 is 5.32 Å². The van der Waals surface area contributed by atoms with Crippen molar-refractivity contribution >= 4 is 28.4 Å². The van der Waals surface area contributed by atoms with E-state index in [1.807, 2.05) is 35.0 Å². The minimum Gasteiger partial charge on any atom is -0.374 e. The second kappa shape index (κ2) is 6.69. The predicted molar refractivity (Wildman–Crippen MR) is 87.2 cm³/mol. The smallest absolute Gasteiger partial charge is 0.240 e. The molecule has 1 amide bonds. The summed E-state index contributed by atoms with van der Waals surface area (Å²) in [6, 6.07) is 7.67. The number of rotatable bonds is 4. The second-order valence-corrected chi connectivity index (χ2v) is 6.14. The summed E-state index contributed by atoms with van der Waals surface area (Å²) in [5, 5.41) is 4.70. The number of hydrogen-bond donors (Lipinski definition) is 1. The van der Waals surface area contributed by atoms with Gasteiger partial charge in [0.05, 0.1) is 12.7 Å². The summed E-state index contributed by atoms with van der Waals surface area (Å²) >= 11 is 6.03. The van der Waals surface area contributed by atoms with E-state index in [1.54, 1.807) is 0 Å². The lowest BCUT2D eigenvalue weighted by Gasteiger charge is -2.30. The van der Waals surface area contributed by atoms with E-state index < -0.39 is 0 Å². The Kier molecular flexibility index (Phi) is 4.66. The number of nitrogens with one attached hydrogen (secondary N) is 1.